The molecule has 1 aliphatic rings. The second-order valence-electron chi connectivity index (χ2n) is 6.55. The van der Waals surface area contributed by atoms with Gasteiger partial charge in [-0.1, -0.05) is 17.8 Å². The second-order valence-corrected chi connectivity index (χ2v) is 7.70. The molecule has 0 aliphatic carbocycles. The van der Waals surface area contributed by atoms with Crippen molar-refractivity contribution in [1.29, 1.82) is 0 Å². The molecule has 23 heavy (non-hydrogen) atoms. The van der Waals surface area contributed by atoms with E-state index >= 15 is 0 Å². The first kappa shape index (κ1) is 18.0. The van der Waals surface area contributed by atoms with Gasteiger partial charge in [0.25, 0.3) is 0 Å². The number of thioether (sulfide) groups is 1. The van der Waals surface area contributed by atoms with Gasteiger partial charge < -0.3 is 14.3 Å². The zero-order chi connectivity index (χ0) is 17.3. The van der Waals surface area contributed by atoms with E-state index in [9.17, 15) is 9.59 Å². The lowest BCUT2D eigenvalue weighted by Crippen LogP contribution is -2.41. The summed E-state index contributed by atoms with van der Waals surface area (Å²) in [6, 6.07) is 1.46. The smallest absolute Gasteiger partial charge is 0.400 e. The third kappa shape index (κ3) is 4.16. The maximum atomic E-state index is 11.9. The molecule has 1 N–H and O–H groups in total. The molecule has 1 fully saturated rings. The second kappa shape index (κ2) is 6.67. The number of rotatable bonds is 4. The van der Waals surface area contributed by atoms with Crippen molar-refractivity contribution in [1.82, 2.24) is 4.98 Å². The van der Waals surface area contributed by atoms with Crippen LogP contribution < -0.4 is 5.43 Å². The van der Waals surface area contributed by atoms with Gasteiger partial charge in [0.15, 0.2) is 10.5 Å². The number of H-pyrrole nitrogens is 1. The number of carbonyl (C=O) groups is 1. The summed E-state index contributed by atoms with van der Waals surface area (Å²) < 4.78 is 12.1. The first-order valence-electron chi connectivity index (χ1n) is 7.49. The van der Waals surface area contributed by atoms with Crippen molar-refractivity contribution in [2.45, 2.75) is 45.8 Å². The van der Waals surface area contributed by atoms with E-state index in [0.717, 1.165) is 5.47 Å². The highest BCUT2D eigenvalue weighted by Crippen LogP contribution is 2.39. The van der Waals surface area contributed by atoms with E-state index in [-0.39, 0.29) is 10.5 Å². The average Bonchev–Trinajstić information content (AvgIpc) is 2.65. The van der Waals surface area contributed by atoms with Crippen LogP contribution in [0.1, 0.15) is 40.2 Å². The highest BCUT2D eigenvalue weighted by Gasteiger charge is 2.52. The number of nitrogens with one attached hydrogen (secondary N) is 1. The van der Waals surface area contributed by atoms with Crippen molar-refractivity contribution < 1.29 is 14.1 Å². The summed E-state index contributed by atoms with van der Waals surface area (Å²) in [4.78, 5) is 26.2. The molecule has 0 spiro atoms. The molecule has 1 saturated heterocycles. The Morgan fingerprint density at radius 2 is 1.91 bits per heavy atom. The Balaban J connectivity index is 2.34. The minimum Gasteiger partial charge on any atom is -0.400 e. The molecule has 0 bridgehead atoms. The molecule has 0 amide bonds. The van der Waals surface area contributed by atoms with Crippen molar-refractivity contribution in [3.63, 3.8) is 0 Å². The van der Waals surface area contributed by atoms with E-state index < -0.39 is 18.3 Å². The van der Waals surface area contributed by atoms with Crippen LogP contribution in [-0.2, 0) is 14.1 Å². The minimum absolute atomic E-state index is 0.00869. The fraction of sp³-hybridized carbons (Fsp3) is 0.500. The summed E-state index contributed by atoms with van der Waals surface area (Å²) in [5, 5.41) is 0.00869. The van der Waals surface area contributed by atoms with Crippen LogP contribution >= 0.6 is 11.8 Å². The number of aromatic amines is 1. The quantitative estimate of drug-likeness (QED) is 0.857. The van der Waals surface area contributed by atoms with Crippen LogP contribution in [0.15, 0.2) is 28.7 Å². The molecule has 124 valence electrons. The molecule has 1 aliphatic heterocycles. The van der Waals surface area contributed by atoms with Crippen LogP contribution in [0, 0.1) is 0 Å². The standard InChI is InChI=1S/C16H22BNO4S/c1-11(19)23-10-13(8-12-9-18-7-6-14(12)20)17-21-15(2,3)16(4,5)22-17/h6-9H,10H2,1-5H3,(H,18,20). The van der Waals surface area contributed by atoms with E-state index in [1.165, 1.54) is 24.8 Å². The summed E-state index contributed by atoms with van der Waals surface area (Å²) in [5.41, 5.74) is 0.245. The Labute approximate surface area is 141 Å². The van der Waals surface area contributed by atoms with Crippen molar-refractivity contribution in [2.24, 2.45) is 0 Å². The van der Waals surface area contributed by atoms with Crippen LogP contribution in [0.4, 0.5) is 0 Å². The molecule has 1 aromatic heterocycles. The van der Waals surface area contributed by atoms with Crippen LogP contribution in [0.25, 0.3) is 6.08 Å². The normalized spacial score (nSPS) is 19.9. The van der Waals surface area contributed by atoms with Gasteiger partial charge in [0.2, 0.25) is 0 Å². The van der Waals surface area contributed by atoms with Crippen LogP contribution in [0.2, 0.25) is 0 Å². The van der Waals surface area contributed by atoms with E-state index in [4.69, 9.17) is 9.31 Å². The molecule has 2 heterocycles. The lowest BCUT2D eigenvalue weighted by atomic mass is 9.78. The van der Waals surface area contributed by atoms with Gasteiger partial charge in [-0.3, -0.25) is 9.59 Å². The largest absolute Gasteiger partial charge is 0.491 e. The molecule has 5 nitrogen and oxygen atoms in total. The third-order valence-electron chi connectivity index (χ3n) is 4.19. The van der Waals surface area contributed by atoms with Gasteiger partial charge >= 0.3 is 7.12 Å². The van der Waals surface area contributed by atoms with Crippen molar-refractivity contribution in [2.75, 3.05) is 5.75 Å². The molecule has 2 rings (SSSR count). The molecular weight excluding hydrogens is 313 g/mol. The van der Waals surface area contributed by atoms with Gasteiger partial charge in [-0.25, -0.2) is 0 Å². The van der Waals surface area contributed by atoms with Gasteiger partial charge in [0.05, 0.1) is 11.2 Å². The minimum atomic E-state index is -0.577. The number of carbonyl (C=O) groups excluding carboxylic acids is 1. The van der Waals surface area contributed by atoms with Crippen molar-refractivity contribution >= 4 is 30.1 Å². The number of aromatic nitrogens is 1. The van der Waals surface area contributed by atoms with E-state index in [1.807, 2.05) is 27.7 Å². The molecule has 0 unspecified atom stereocenters. The van der Waals surface area contributed by atoms with E-state index in [2.05, 4.69) is 4.98 Å². The predicted octanol–water partition coefficient (Wildman–Crippen LogP) is 2.67. The molecule has 0 aromatic carbocycles. The molecule has 0 atom stereocenters. The zero-order valence-corrected chi connectivity index (χ0v) is 15.0. The van der Waals surface area contributed by atoms with Gasteiger partial charge in [-0.15, -0.1) is 0 Å². The monoisotopic (exact) mass is 335 g/mol. The molecular formula is C16H22BNO4S. The molecule has 7 heteroatoms. The Kier molecular flexibility index (Phi) is 5.23. The topological polar surface area (TPSA) is 68.4 Å². The molecule has 0 saturated carbocycles. The Morgan fingerprint density at radius 3 is 2.43 bits per heavy atom. The Morgan fingerprint density at radius 1 is 1.30 bits per heavy atom. The molecule has 0 radical (unpaired) electrons. The summed E-state index contributed by atoms with van der Waals surface area (Å²) in [6.07, 6.45) is 4.96. The summed E-state index contributed by atoms with van der Waals surface area (Å²) in [6.45, 7) is 9.40. The van der Waals surface area contributed by atoms with Gasteiger partial charge in [0, 0.05) is 36.7 Å². The fourth-order valence-electron chi connectivity index (χ4n) is 2.10. The van der Waals surface area contributed by atoms with E-state index in [0.29, 0.717) is 11.3 Å². The highest BCUT2D eigenvalue weighted by atomic mass is 32.2. The summed E-state index contributed by atoms with van der Waals surface area (Å²) in [7, 11) is -0.577. The number of hydrogen-bond donors (Lipinski definition) is 1. The van der Waals surface area contributed by atoms with Crippen molar-refractivity contribution in [3.05, 3.63) is 39.7 Å². The number of hydrogen-bond acceptors (Lipinski definition) is 5. The summed E-state index contributed by atoms with van der Waals surface area (Å²) >= 11 is 1.17. The predicted molar refractivity (Wildman–Crippen MR) is 94.3 cm³/mol. The van der Waals surface area contributed by atoms with Crippen LogP contribution in [0.3, 0.4) is 0 Å². The first-order chi connectivity index (χ1) is 10.6. The van der Waals surface area contributed by atoms with Gasteiger partial charge in [0.1, 0.15) is 0 Å². The molecule has 1 aromatic rings. The van der Waals surface area contributed by atoms with E-state index in [1.54, 1.807) is 18.5 Å². The lowest BCUT2D eigenvalue weighted by Gasteiger charge is -2.32. The fourth-order valence-corrected chi connectivity index (χ4v) is 2.69. The number of pyridine rings is 1. The van der Waals surface area contributed by atoms with Crippen LogP contribution in [-0.4, -0.2) is 34.2 Å². The first-order valence-corrected chi connectivity index (χ1v) is 8.47. The van der Waals surface area contributed by atoms with Gasteiger partial charge in [-0.05, 0) is 33.2 Å². The maximum absolute atomic E-state index is 11.9. The lowest BCUT2D eigenvalue weighted by molar-refractivity contribution is -0.109. The average molecular weight is 335 g/mol. The van der Waals surface area contributed by atoms with Crippen molar-refractivity contribution in [3.8, 4) is 0 Å². The summed E-state index contributed by atoms with van der Waals surface area (Å²) in [5.74, 6) is 0.417. The van der Waals surface area contributed by atoms with Gasteiger partial charge in [-0.2, -0.15) is 0 Å². The maximum Gasteiger partial charge on any atom is 0.491 e. The Hall–Kier alpha value is -1.31. The third-order valence-corrected chi connectivity index (χ3v) is 5.08. The Bertz CT molecular complexity index is 665. The zero-order valence-electron chi connectivity index (χ0n) is 14.1. The SMILES string of the molecule is CC(=O)SCC(=Cc1c[nH]ccc1=O)B1OC(C)(C)C(C)(C)O1. The highest BCUT2D eigenvalue weighted by molar-refractivity contribution is 8.13. The van der Waals surface area contributed by atoms with Crippen LogP contribution in [0.5, 0.6) is 0 Å².